The van der Waals surface area contributed by atoms with Crippen LogP contribution in [0.2, 0.25) is 5.02 Å². The van der Waals surface area contributed by atoms with E-state index in [-0.39, 0.29) is 0 Å². The molecule has 0 spiro atoms. The summed E-state index contributed by atoms with van der Waals surface area (Å²) >= 11 is 11.6. The molecule has 0 amide bonds. The van der Waals surface area contributed by atoms with Crippen molar-refractivity contribution in [3.8, 4) is 11.4 Å². The second kappa shape index (κ2) is 7.43. The van der Waals surface area contributed by atoms with E-state index in [1.165, 1.54) is 0 Å². The molecule has 0 radical (unpaired) electrons. The largest absolute Gasteiger partial charge is 0.497 e. The SMILES string of the molecule is COc1ccc(CN2NNN=C2c2c[nH]n(-c3ccc(Cl)cc3)c2=S)cc1. The van der Waals surface area contributed by atoms with Crippen LogP contribution in [0.3, 0.4) is 0 Å². The molecule has 138 valence electrons. The normalized spacial score (nSPS) is 13.4. The predicted molar refractivity (Wildman–Crippen MR) is 107 cm³/mol. The third kappa shape index (κ3) is 3.55. The Balaban J connectivity index is 1.58. The maximum atomic E-state index is 5.97. The van der Waals surface area contributed by atoms with E-state index in [2.05, 4.69) is 21.3 Å². The zero-order chi connectivity index (χ0) is 18.8. The first-order valence-electron chi connectivity index (χ1n) is 8.21. The maximum Gasteiger partial charge on any atom is 0.177 e. The van der Waals surface area contributed by atoms with Crippen LogP contribution in [0.15, 0.2) is 59.8 Å². The molecule has 0 saturated heterocycles. The smallest absolute Gasteiger partial charge is 0.177 e. The number of rotatable bonds is 5. The zero-order valence-corrected chi connectivity index (χ0v) is 16.0. The van der Waals surface area contributed by atoms with Crippen molar-refractivity contribution in [3.63, 3.8) is 0 Å². The third-order valence-corrected chi connectivity index (χ3v) is 4.85. The van der Waals surface area contributed by atoms with Gasteiger partial charge in [0.15, 0.2) is 5.84 Å². The number of hydrogen-bond donors (Lipinski definition) is 3. The molecule has 4 rings (SSSR count). The first-order valence-corrected chi connectivity index (χ1v) is 9.00. The molecule has 0 atom stereocenters. The Kier molecular flexibility index (Phi) is 4.85. The van der Waals surface area contributed by atoms with E-state index < -0.39 is 0 Å². The van der Waals surface area contributed by atoms with Crippen molar-refractivity contribution >= 4 is 29.7 Å². The summed E-state index contributed by atoms with van der Waals surface area (Å²) in [5, 5.41) is 10.1. The molecule has 1 aliphatic rings. The number of aromatic amines is 1. The van der Waals surface area contributed by atoms with Crippen LogP contribution in [0.5, 0.6) is 5.75 Å². The number of benzene rings is 2. The fourth-order valence-electron chi connectivity index (χ4n) is 2.80. The molecule has 7 nitrogen and oxygen atoms in total. The topological polar surface area (TPSA) is 69.6 Å². The Morgan fingerprint density at radius 1 is 1.11 bits per heavy atom. The summed E-state index contributed by atoms with van der Waals surface area (Å²) in [5.74, 6) is 1.53. The number of hydrogen-bond acceptors (Lipinski definition) is 6. The van der Waals surface area contributed by atoms with E-state index in [0.717, 1.165) is 22.6 Å². The van der Waals surface area contributed by atoms with E-state index in [0.29, 0.717) is 22.0 Å². The lowest BCUT2D eigenvalue weighted by Crippen LogP contribution is -2.40. The van der Waals surface area contributed by atoms with Gasteiger partial charge in [0.05, 0.1) is 24.9 Å². The third-order valence-electron chi connectivity index (χ3n) is 4.20. The van der Waals surface area contributed by atoms with Crippen molar-refractivity contribution in [1.82, 2.24) is 25.9 Å². The number of methoxy groups -OCH3 is 1. The number of nitrogens with one attached hydrogen (secondary N) is 3. The molecule has 2 aromatic carbocycles. The summed E-state index contributed by atoms with van der Waals surface area (Å²) in [6, 6.07) is 15.3. The van der Waals surface area contributed by atoms with Crippen LogP contribution in [0, 0.1) is 4.64 Å². The van der Waals surface area contributed by atoms with Crippen molar-refractivity contribution < 1.29 is 4.74 Å². The van der Waals surface area contributed by atoms with Crippen molar-refractivity contribution in [2.75, 3.05) is 7.11 Å². The maximum absolute atomic E-state index is 5.97. The molecule has 1 aliphatic heterocycles. The summed E-state index contributed by atoms with van der Waals surface area (Å²) in [6.45, 7) is 0.608. The van der Waals surface area contributed by atoms with Gasteiger partial charge in [-0.2, -0.15) is 0 Å². The van der Waals surface area contributed by atoms with Gasteiger partial charge in [0.1, 0.15) is 10.4 Å². The molecule has 27 heavy (non-hydrogen) atoms. The van der Waals surface area contributed by atoms with Crippen LogP contribution in [0.25, 0.3) is 5.69 Å². The Morgan fingerprint density at radius 2 is 1.85 bits per heavy atom. The lowest BCUT2D eigenvalue weighted by atomic mass is 10.2. The van der Waals surface area contributed by atoms with Gasteiger partial charge < -0.3 is 4.74 Å². The molecule has 2 heterocycles. The zero-order valence-electron chi connectivity index (χ0n) is 14.4. The highest BCUT2D eigenvalue weighted by Gasteiger charge is 2.22. The van der Waals surface area contributed by atoms with Crippen molar-refractivity contribution in [3.05, 3.63) is 75.5 Å². The number of ether oxygens (including phenoxy) is 1. The molecule has 1 aromatic heterocycles. The Hall–Kier alpha value is -2.81. The number of halogens is 1. The van der Waals surface area contributed by atoms with Crippen LogP contribution in [0.1, 0.15) is 11.1 Å². The highest BCUT2D eigenvalue weighted by atomic mass is 35.5. The average Bonchev–Trinajstić information content (AvgIpc) is 3.29. The van der Waals surface area contributed by atoms with Gasteiger partial charge in [0.2, 0.25) is 0 Å². The fraction of sp³-hybridized carbons (Fsp3) is 0.111. The van der Waals surface area contributed by atoms with Gasteiger partial charge in [0, 0.05) is 11.2 Å². The van der Waals surface area contributed by atoms with Crippen molar-refractivity contribution in [2.45, 2.75) is 6.54 Å². The summed E-state index contributed by atoms with van der Waals surface area (Å²) < 4.78 is 7.64. The van der Waals surface area contributed by atoms with Gasteiger partial charge in [-0.25, -0.2) is 10.2 Å². The summed E-state index contributed by atoms with van der Waals surface area (Å²) in [5.41, 5.74) is 8.64. The molecular formula is C18H17ClN6OS. The van der Waals surface area contributed by atoms with Crippen molar-refractivity contribution in [2.24, 2.45) is 5.10 Å². The number of hydrazine groups is 2. The number of hydrazone groups is 1. The Morgan fingerprint density at radius 3 is 2.56 bits per heavy atom. The molecule has 0 saturated carbocycles. The lowest BCUT2D eigenvalue weighted by molar-refractivity contribution is 0.288. The first-order chi connectivity index (χ1) is 13.2. The quantitative estimate of drug-likeness (QED) is 0.573. The van der Waals surface area contributed by atoms with Gasteiger partial charge in [-0.15, -0.1) is 10.6 Å². The summed E-state index contributed by atoms with van der Waals surface area (Å²) in [6.07, 6.45) is 1.84. The highest BCUT2D eigenvalue weighted by Crippen LogP contribution is 2.18. The van der Waals surface area contributed by atoms with Gasteiger partial charge in [-0.1, -0.05) is 36.0 Å². The predicted octanol–water partition coefficient (Wildman–Crippen LogP) is 3.38. The van der Waals surface area contributed by atoms with E-state index in [9.17, 15) is 0 Å². The molecule has 0 unspecified atom stereocenters. The van der Waals surface area contributed by atoms with E-state index in [4.69, 9.17) is 28.6 Å². The van der Waals surface area contributed by atoms with Crippen LogP contribution in [0.4, 0.5) is 0 Å². The molecule has 0 bridgehead atoms. The van der Waals surface area contributed by atoms with Gasteiger partial charge in [0.25, 0.3) is 0 Å². The fourth-order valence-corrected chi connectivity index (χ4v) is 3.23. The van der Waals surface area contributed by atoms with Gasteiger partial charge >= 0.3 is 0 Å². The first kappa shape index (κ1) is 17.6. The molecule has 0 aliphatic carbocycles. The minimum Gasteiger partial charge on any atom is -0.497 e. The number of H-pyrrole nitrogens is 1. The van der Waals surface area contributed by atoms with Crippen molar-refractivity contribution in [1.29, 1.82) is 0 Å². The van der Waals surface area contributed by atoms with Crippen LogP contribution in [-0.2, 0) is 6.54 Å². The van der Waals surface area contributed by atoms with Gasteiger partial charge in [-0.3, -0.25) is 10.1 Å². The highest BCUT2D eigenvalue weighted by molar-refractivity contribution is 7.71. The monoisotopic (exact) mass is 400 g/mol. The molecule has 3 aromatic rings. The second-order valence-corrected chi connectivity index (χ2v) is 6.72. The standard InChI is InChI=1S/C18H17ClN6OS/c1-26-15-8-2-12(3-9-15)11-24-17(21-22-23-24)16-10-20-25(18(16)27)14-6-4-13(19)5-7-14/h2-10,20,22-23H,11H2,1H3. The number of aromatic nitrogens is 2. The number of nitrogens with zero attached hydrogens (tertiary/aromatic N) is 3. The van der Waals surface area contributed by atoms with E-state index >= 15 is 0 Å². The Bertz CT molecular complexity index is 1030. The van der Waals surface area contributed by atoms with E-state index in [1.807, 2.05) is 64.4 Å². The minimum absolute atomic E-state index is 0.608. The molecule has 3 N–H and O–H groups in total. The van der Waals surface area contributed by atoms with Gasteiger partial charge in [-0.05, 0) is 42.0 Å². The van der Waals surface area contributed by atoms with E-state index in [1.54, 1.807) is 7.11 Å². The Labute approximate surface area is 166 Å². The molecule has 9 heteroatoms. The van der Waals surface area contributed by atoms with Crippen LogP contribution in [-0.4, -0.2) is 27.7 Å². The molecule has 0 fully saturated rings. The molecular weight excluding hydrogens is 384 g/mol. The summed E-state index contributed by atoms with van der Waals surface area (Å²) in [7, 11) is 1.65. The van der Waals surface area contributed by atoms with Crippen LogP contribution >= 0.6 is 23.8 Å². The lowest BCUT2D eigenvalue weighted by Gasteiger charge is -2.18. The second-order valence-electron chi connectivity index (χ2n) is 5.90. The average molecular weight is 401 g/mol. The number of amidine groups is 1. The minimum atomic E-state index is 0.608. The summed E-state index contributed by atoms with van der Waals surface area (Å²) in [4.78, 5) is 0. The van der Waals surface area contributed by atoms with Crippen LogP contribution < -0.4 is 15.8 Å².